The molecule has 4 atom stereocenters. The summed E-state index contributed by atoms with van der Waals surface area (Å²) in [6.45, 7) is 1.49. The Balaban J connectivity index is 2.08. The van der Waals surface area contributed by atoms with Gasteiger partial charge in [0.1, 0.15) is 0 Å². The summed E-state index contributed by atoms with van der Waals surface area (Å²) in [5.41, 5.74) is 0. The first-order valence-corrected chi connectivity index (χ1v) is 4.32. The molecule has 0 radical (unpaired) electrons. The molecule has 0 aliphatic heterocycles. The minimum absolute atomic E-state index is 0.0440. The van der Waals surface area contributed by atoms with Crippen LogP contribution in [-0.4, -0.2) is 23.2 Å². The monoisotopic (exact) mass is 167 g/mol. The second-order valence-electron chi connectivity index (χ2n) is 3.67. The molecule has 2 N–H and O–H groups in total. The zero-order valence-electron chi connectivity index (χ0n) is 7.03. The van der Waals surface area contributed by atoms with Gasteiger partial charge in [0.2, 0.25) is 5.91 Å². The first-order valence-electron chi connectivity index (χ1n) is 4.32. The van der Waals surface area contributed by atoms with Crippen LogP contribution in [0.1, 0.15) is 13.3 Å². The molecule has 0 unspecified atom stereocenters. The van der Waals surface area contributed by atoms with Crippen LogP contribution < -0.4 is 5.32 Å². The van der Waals surface area contributed by atoms with Crippen molar-refractivity contribution in [3.05, 3.63) is 12.2 Å². The predicted octanol–water partition coefficient (Wildman–Crippen LogP) is 0.0579. The lowest BCUT2D eigenvalue weighted by molar-refractivity contribution is -0.120. The Bertz CT molecular complexity index is 237. The number of rotatable bonds is 1. The molecule has 0 spiro atoms. The van der Waals surface area contributed by atoms with Gasteiger partial charge in [-0.15, -0.1) is 0 Å². The number of nitrogens with one attached hydrogen (secondary N) is 1. The second-order valence-corrected chi connectivity index (χ2v) is 3.67. The van der Waals surface area contributed by atoms with Gasteiger partial charge in [-0.3, -0.25) is 4.79 Å². The van der Waals surface area contributed by atoms with Gasteiger partial charge < -0.3 is 10.4 Å². The summed E-state index contributed by atoms with van der Waals surface area (Å²) in [7, 11) is 0. The predicted molar refractivity (Wildman–Crippen MR) is 44.3 cm³/mol. The molecule has 0 aromatic rings. The number of hydrogen-bond donors (Lipinski definition) is 2. The number of carbonyl (C=O) groups excluding carboxylic acids is 1. The average Bonchev–Trinajstić information content (AvgIpc) is 2.53. The molecule has 2 aliphatic rings. The van der Waals surface area contributed by atoms with E-state index < -0.39 is 0 Å². The lowest BCUT2D eigenvalue weighted by Crippen LogP contribution is -2.44. The van der Waals surface area contributed by atoms with E-state index >= 15 is 0 Å². The minimum Gasteiger partial charge on any atom is -0.390 e. The van der Waals surface area contributed by atoms with Crippen molar-refractivity contribution in [2.75, 3.05) is 0 Å². The molecule has 0 saturated heterocycles. The van der Waals surface area contributed by atoms with E-state index in [1.807, 2.05) is 6.08 Å². The van der Waals surface area contributed by atoms with Crippen molar-refractivity contribution in [1.82, 2.24) is 5.32 Å². The molecule has 0 heterocycles. The van der Waals surface area contributed by atoms with Crippen LogP contribution in [0.5, 0.6) is 0 Å². The number of hydrogen-bond acceptors (Lipinski definition) is 2. The van der Waals surface area contributed by atoms with Gasteiger partial charge in [0.15, 0.2) is 0 Å². The first kappa shape index (κ1) is 7.80. The van der Waals surface area contributed by atoms with Gasteiger partial charge in [0.25, 0.3) is 0 Å². The molecule has 0 aromatic carbocycles. The van der Waals surface area contributed by atoms with Gasteiger partial charge in [0, 0.05) is 18.8 Å². The molecule has 2 bridgehead atoms. The number of fused-ring (bicyclic) bond motifs is 2. The molecular weight excluding hydrogens is 154 g/mol. The number of aliphatic hydroxyl groups excluding tert-OH is 1. The van der Waals surface area contributed by atoms with Crippen LogP contribution in [0.25, 0.3) is 0 Å². The normalized spacial score (nSPS) is 43.5. The van der Waals surface area contributed by atoms with Crippen molar-refractivity contribution in [2.45, 2.75) is 25.5 Å². The highest BCUT2D eigenvalue weighted by Crippen LogP contribution is 2.39. The maximum absolute atomic E-state index is 10.8. The molecule has 12 heavy (non-hydrogen) atoms. The minimum atomic E-state index is -0.371. The summed E-state index contributed by atoms with van der Waals surface area (Å²) in [6, 6.07) is -0.0440. The highest BCUT2D eigenvalue weighted by Gasteiger charge is 2.43. The third kappa shape index (κ3) is 1.05. The topological polar surface area (TPSA) is 49.3 Å². The Morgan fingerprint density at radius 1 is 1.50 bits per heavy atom. The molecule has 1 saturated carbocycles. The van der Waals surface area contributed by atoms with Gasteiger partial charge in [-0.2, -0.15) is 0 Å². The van der Waals surface area contributed by atoms with Crippen molar-refractivity contribution in [3.8, 4) is 0 Å². The largest absolute Gasteiger partial charge is 0.390 e. The van der Waals surface area contributed by atoms with Crippen LogP contribution in [0.3, 0.4) is 0 Å². The fourth-order valence-electron chi connectivity index (χ4n) is 2.22. The van der Waals surface area contributed by atoms with Gasteiger partial charge >= 0.3 is 0 Å². The Morgan fingerprint density at radius 3 is 2.67 bits per heavy atom. The van der Waals surface area contributed by atoms with Crippen LogP contribution in [0.4, 0.5) is 0 Å². The SMILES string of the molecule is CC(=O)N[C@@H]1[C@H](O)[C@@H]2C=C[C@H]1C2. The fourth-order valence-corrected chi connectivity index (χ4v) is 2.22. The van der Waals surface area contributed by atoms with Gasteiger partial charge in [-0.25, -0.2) is 0 Å². The molecule has 1 fully saturated rings. The highest BCUT2D eigenvalue weighted by atomic mass is 16.3. The third-order valence-electron chi connectivity index (χ3n) is 2.79. The third-order valence-corrected chi connectivity index (χ3v) is 2.79. The van der Waals surface area contributed by atoms with Gasteiger partial charge in [-0.05, 0) is 6.42 Å². The molecule has 1 amide bonds. The Labute approximate surface area is 71.5 Å². The zero-order chi connectivity index (χ0) is 8.72. The highest BCUT2D eigenvalue weighted by molar-refractivity contribution is 5.73. The van der Waals surface area contributed by atoms with E-state index in [0.717, 1.165) is 6.42 Å². The van der Waals surface area contributed by atoms with Crippen LogP contribution >= 0.6 is 0 Å². The molecule has 0 aromatic heterocycles. The van der Waals surface area contributed by atoms with Crippen molar-refractivity contribution in [1.29, 1.82) is 0 Å². The molecule has 2 rings (SSSR count). The molecule has 2 aliphatic carbocycles. The summed E-state index contributed by atoms with van der Waals surface area (Å²) in [5.74, 6) is 0.570. The van der Waals surface area contributed by atoms with Crippen LogP contribution in [-0.2, 0) is 4.79 Å². The lowest BCUT2D eigenvalue weighted by Gasteiger charge is -2.23. The Hall–Kier alpha value is -0.830. The standard InChI is InChI=1S/C9H13NO2/c1-5(11)10-8-6-2-3-7(4-6)9(8)12/h2-3,6-9,12H,4H2,1H3,(H,10,11)/t6-,7+,8-,9+/m0/s1. The quantitative estimate of drug-likeness (QED) is 0.542. The maximum Gasteiger partial charge on any atom is 0.217 e. The van der Waals surface area contributed by atoms with E-state index in [1.165, 1.54) is 6.92 Å². The zero-order valence-corrected chi connectivity index (χ0v) is 7.03. The molecule has 3 heteroatoms. The summed E-state index contributed by atoms with van der Waals surface area (Å²) < 4.78 is 0. The number of carbonyl (C=O) groups is 1. The van der Waals surface area contributed by atoms with Crippen molar-refractivity contribution >= 4 is 5.91 Å². The average molecular weight is 167 g/mol. The van der Waals surface area contributed by atoms with Crippen LogP contribution in [0, 0.1) is 11.8 Å². The summed E-state index contributed by atoms with van der Waals surface area (Å²) >= 11 is 0. The summed E-state index contributed by atoms with van der Waals surface area (Å²) in [5, 5.41) is 12.4. The molecule has 3 nitrogen and oxygen atoms in total. The van der Waals surface area contributed by atoms with E-state index in [1.54, 1.807) is 0 Å². The van der Waals surface area contributed by atoms with Crippen LogP contribution in [0.2, 0.25) is 0 Å². The lowest BCUT2D eigenvalue weighted by atomic mass is 9.99. The smallest absolute Gasteiger partial charge is 0.217 e. The van der Waals surface area contributed by atoms with Crippen LogP contribution in [0.15, 0.2) is 12.2 Å². The Kier molecular flexibility index (Phi) is 1.68. The van der Waals surface area contributed by atoms with Crippen molar-refractivity contribution in [3.63, 3.8) is 0 Å². The number of aliphatic hydroxyl groups is 1. The van der Waals surface area contributed by atoms with Gasteiger partial charge in [0.05, 0.1) is 12.1 Å². The van der Waals surface area contributed by atoms with E-state index in [-0.39, 0.29) is 24.0 Å². The fraction of sp³-hybridized carbons (Fsp3) is 0.667. The van der Waals surface area contributed by atoms with E-state index in [9.17, 15) is 9.90 Å². The summed E-state index contributed by atoms with van der Waals surface area (Å²) in [4.78, 5) is 10.8. The first-order chi connectivity index (χ1) is 5.68. The molecular formula is C9H13NO2. The number of amides is 1. The van der Waals surface area contributed by atoms with Crippen molar-refractivity contribution < 1.29 is 9.90 Å². The molecule has 66 valence electrons. The maximum atomic E-state index is 10.8. The second kappa shape index (κ2) is 2.59. The van der Waals surface area contributed by atoms with Crippen molar-refractivity contribution in [2.24, 2.45) is 11.8 Å². The van der Waals surface area contributed by atoms with E-state index in [4.69, 9.17) is 0 Å². The van der Waals surface area contributed by atoms with E-state index in [2.05, 4.69) is 11.4 Å². The Morgan fingerprint density at radius 2 is 2.17 bits per heavy atom. The van der Waals surface area contributed by atoms with Gasteiger partial charge in [-0.1, -0.05) is 12.2 Å². The summed E-state index contributed by atoms with van der Waals surface area (Å²) in [6.07, 6.45) is 4.77. The van der Waals surface area contributed by atoms with E-state index in [0.29, 0.717) is 5.92 Å².